The molecule has 0 aliphatic rings. The largest absolute Gasteiger partial charge is 0.494 e. The summed E-state index contributed by atoms with van der Waals surface area (Å²) in [6.07, 6.45) is 1.57. The van der Waals surface area contributed by atoms with Crippen molar-refractivity contribution < 1.29 is 14.3 Å². The van der Waals surface area contributed by atoms with Gasteiger partial charge in [-0.3, -0.25) is 14.6 Å². The van der Waals surface area contributed by atoms with Crippen molar-refractivity contribution >= 4 is 28.4 Å². The summed E-state index contributed by atoms with van der Waals surface area (Å²) in [5.74, 6) is 0.355. The lowest BCUT2D eigenvalue weighted by atomic mass is 10.1. The van der Waals surface area contributed by atoms with E-state index < -0.39 is 0 Å². The van der Waals surface area contributed by atoms with Crippen molar-refractivity contribution in [2.24, 2.45) is 0 Å². The molecule has 0 spiro atoms. The van der Waals surface area contributed by atoms with E-state index in [1.54, 1.807) is 24.4 Å². The van der Waals surface area contributed by atoms with Crippen molar-refractivity contribution in [2.45, 2.75) is 20.4 Å². The molecule has 0 radical (unpaired) electrons. The van der Waals surface area contributed by atoms with Gasteiger partial charge in [0.15, 0.2) is 0 Å². The monoisotopic (exact) mass is 363 g/mol. The van der Waals surface area contributed by atoms with Crippen LogP contribution in [0.5, 0.6) is 5.75 Å². The minimum Gasteiger partial charge on any atom is -0.494 e. The number of nitrogens with zero attached hydrogens (tertiary/aromatic N) is 1. The normalized spacial score (nSPS) is 10.4. The smallest absolute Gasteiger partial charge is 0.252 e. The van der Waals surface area contributed by atoms with Gasteiger partial charge in [-0.25, -0.2) is 0 Å². The maximum atomic E-state index is 12.8. The van der Waals surface area contributed by atoms with Crippen molar-refractivity contribution in [1.29, 1.82) is 0 Å². The zero-order chi connectivity index (χ0) is 19.2. The van der Waals surface area contributed by atoms with Crippen LogP contribution in [0.4, 0.5) is 5.69 Å². The van der Waals surface area contributed by atoms with E-state index in [4.69, 9.17) is 4.74 Å². The first-order valence-corrected chi connectivity index (χ1v) is 8.74. The molecule has 1 heterocycles. The van der Waals surface area contributed by atoms with Crippen molar-refractivity contribution in [3.05, 3.63) is 65.9 Å². The Kier molecular flexibility index (Phi) is 5.66. The van der Waals surface area contributed by atoms with Crippen molar-refractivity contribution in [1.82, 2.24) is 10.3 Å². The van der Waals surface area contributed by atoms with Gasteiger partial charge in [-0.2, -0.15) is 0 Å². The van der Waals surface area contributed by atoms with Crippen LogP contribution in [-0.4, -0.2) is 23.4 Å². The molecular formula is C21H21N3O3. The SMILES string of the molecule is CCOc1ccccc1CNC(=O)c1ccnc2c(NC(C)=O)cccc12. The first-order valence-electron chi connectivity index (χ1n) is 8.74. The second-order valence-electron chi connectivity index (χ2n) is 5.96. The van der Waals surface area contributed by atoms with Gasteiger partial charge >= 0.3 is 0 Å². The molecule has 0 unspecified atom stereocenters. The van der Waals surface area contributed by atoms with E-state index in [-0.39, 0.29) is 11.8 Å². The minimum atomic E-state index is -0.214. The number of carbonyl (C=O) groups excluding carboxylic acids is 2. The molecule has 0 atom stereocenters. The van der Waals surface area contributed by atoms with Crippen LogP contribution in [0.3, 0.4) is 0 Å². The number of anilines is 1. The third-order valence-corrected chi connectivity index (χ3v) is 4.04. The second-order valence-corrected chi connectivity index (χ2v) is 5.96. The molecule has 3 rings (SSSR count). The molecule has 6 nitrogen and oxygen atoms in total. The van der Waals surface area contributed by atoms with Gasteiger partial charge in [0.25, 0.3) is 5.91 Å². The fourth-order valence-corrected chi connectivity index (χ4v) is 2.88. The number of amides is 2. The molecular weight excluding hydrogens is 342 g/mol. The summed E-state index contributed by atoms with van der Waals surface area (Å²) in [6.45, 7) is 4.27. The third-order valence-electron chi connectivity index (χ3n) is 4.04. The number of hydrogen-bond donors (Lipinski definition) is 2. The highest BCUT2D eigenvalue weighted by molar-refractivity contribution is 6.10. The summed E-state index contributed by atoms with van der Waals surface area (Å²) in [5.41, 5.74) is 2.57. The molecule has 3 aromatic rings. The Balaban J connectivity index is 1.85. The Labute approximate surface area is 157 Å². The Morgan fingerprint density at radius 3 is 2.67 bits per heavy atom. The first-order chi connectivity index (χ1) is 13.1. The maximum absolute atomic E-state index is 12.8. The van der Waals surface area contributed by atoms with E-state index in [0.29, 0.717) is 35.3 Å². The number of benzene rings is 2. The Morgan fingerprint density at radius 2 is 1.89 bits per heavy atom. The fraction of sp³-hybridized carbons (Fsp3) is 0.190. The molecule has 2 amide bonds. The maximum Gasteiger partial charge on any atom is 0.252 e. The number of rotatable bonds is 6. The van der Waals surface area contributed by atoms with Gasteiger partial charge in [-0.05, 0) is 25.1 Å². The van der Waals surface area contributed by atoms with Crippen LogP contribution < -0.4 is 15.4 Å². The summed E-state index contributed by atoms with van der Waals surface area (Å²) in [5, 5.41) is 6.36. The fourth-order valence-electron chi connectivity index (χ4n) is 2.88. The summed E-state index contributed by atoms with van der Waals surface area (Å²) in [6, 6.07) is 14.6. The summed E-state index contributed by atoms with van der Waals surface area (Å²) in [4.78, 5) is 28.5. The van der Waals surface area contributed by atoms with Crippen LogP contribution in [0, 0.1) is 0 Å². The molecule has 6 heteroatoms. The number of ether oxygens (including phenoxy) is 1. The van der Waals surface area contributed by atoms with Crippen LogP contribution >= 0.6 is 0 Å². The lowest BCUT2D eigenvalue weighted by Crippen LogP contribution is -2.23. The zero-order valence-electron chi connectivity index (χ0n) is 15.3. The van der Waals surface area contributed by atoms with Crippen molar-refractivity contribution in [2.75, 3.05) is 11.9 Å². The molecule has 138 valence electrons. The predicted molar refractivity (Wildman–Crippen MR) is 105 cm³/mol. The lowest BCUT2D eigenvalue weighted by molar-refractivity contribution is -0.114. The van der Waals surface area contributed by atoms with Crippen molar-refractivity contribution in [3.63, 3.8) is 0 Å². The van der Waals surface area contributed by atoms with E-state index in [1.165, 1.54) is 6.92 Å². The lowest BCUT2D eigenvalue weighted by Gasteiger charge is -2.12. The molecule has 2 aromatic carbocycles. The van der Waals surface area contributed by atoms with E-state index in [1.807, 2.05) is 37.3 Å². The average molecular weight is 363 g/mol. The zero-order valence-corrected chi connectivity index (χ0v) is 15.3. The van der Waals surface area contributed by atoms with Crippen LogP contribution in [0.25, 0.3) is 10.9 Å². The van der Waals surface area contributed by atoms with Gasteiger partial charge in [0.05, 0.1) is 23.4 Å². The van der Waals surface area contributed by atoms with Crippen LogP contribution in [0.2, 0.25) is 0 Å². The summed E-state index contributed by atoms with van der Waals surface area (Å²) in [7, 11) is 0. The van der Waals surface area contributed by atoms with Gasteiger partial charge in [-0.1, -0.05) is 30.3 Å². The molecule has 0 aliphatic heterocycles. The molecule has 0 aliphatic carbocycles. The van der Waals surface area contributed by atoms with Gasteiger partial charge in [-0.15, -0.1) is 0 Å². The van der Waals surface area contributed by atoms with Gasteiger partial charge < -0.3 is 15.4 Å². The Hall–Kier alpha value is -3.41. The Bertz CT molecular complexity index is 985. The van der Waals surface area contributed by atoms with Gasteiger partial charge in [0.2, 0.25) is 5.91 Å². The quantitative estimate of drug-likeness (QED) is 0.702. The number of hydrogen-bond acceptors (Lipinski definition) is 4. The molecule has 0 saturated carbocycles. The topological polar surface area (TPSA) is 80.3 Å². The molecule has 0 bridgehead atoms. The third kappa shape index (κ3) is 4.23. The van der Waals surface area contributed by atoms with Crippen LogP contribution in [0.1, 0.15) is 29.8 Å². The molecule has 2 N–H and O–H groups in total. The van der Waals surface area contributed by atoms with Gasteiger partial charge in [0.1, 0.15) is 5.75 Å². The highest BCUT2D eigenvalue weighted by atomic mass is 16.5. The molecule has 1 aromatic heterocycles. The standard InChI is InChI=1S/C21H21N3O3/c1-3-27-19-10-5-4-7-15(19)13-23-21(26)17-11-12-22-20-16(17)8-6-9-18(20)24-14(2)25/h4-12H,3,13H2,1-2H3,(H,23,26)(H,24,25). The highest BCUT2D eigenvalue weighted by Gasteiger charge is 2.13. The number of para-hydroxylation sites is 2. The second kappa shape index (κ2) is 8.31. The van der Waals surface area contributed by atoms with E-state index in [2.05, 4.69) is 15.6 Å². The number of nitrogens with one attached hydrogen (secondary N) is 2. The average Bonchev–Trinajstić information content (AvgIpc) is 2.67. The summed E-state index contributed by atoms with van der Waals surface area (Å²) < 4.78 is 5.60. The van der Waals surface area contributed by atoms with E-state index >= 15 is 0 Å². The van der Waals surface area contributed by atoms with E-state index in [9.17, 15) is 9.59 Å². The highest BCUT2D eigenvalue weighted by Crippen LogP contribution is 2.24. The van der Waals surface area contributed by atoms with Crippen molar-refractivity contribution in [3.8, 4) is 5.75 Å². The van der Waals surface area contributed by atoms with E-state index in [0.717, 1.165) is 11.3 Å². The number of aromatic nitrogens is 1. The molecule has 0 fully saturated rings. The number of pyridine rings is 1. The minimum absolute atomic E-state index is 0.188. The number of carbonyl (C=O) groups is 2. The summed E-state index contributed by atoms with van der Waals surface area (Å²) >= 11 is 0. The predicted octanol–water partition coefficient (Wildman–Crippen LogP) is 3.52. The Morgan fingerprint density at radius 1 is 1.07 bits per heavy atom. The molecule has 27 heavy (non-hydrogen) atoms. The van der Waals surface area contributed by atoms with Crippen LogP contribution in [0.15, 0.2) is 54.7 Å². The van der Waals surface area contributed by atoms with Gasteiger partial charge in [0, 0.05) is 30.6 Å². The first kappa shape index (κ1) is 18.4. The number of fused-ring (bicyclic) bond motifs is 1. The van der Waals surface area contributed by atoms with Crippen LogP contribution in [-0.2, 0) is 11.3 Å². The molecule has 0 saturated heterocycles.